The molecule has 6 nitrogen and oxygen atoms in total. The van der Waals surface area contributed by atoms with Gasteiger partial charge in [0.2, 0.25) is 5.91 Å². The number of aryl methyl sites for hydroxylation is 1. The summed E-state index contributed by atoms with van der Waals surface area (Å²) in [5, 5.41) is 6.10. The molecule has 0 radical (unpaired) electrons. The summed E-state index contributed by atoms with van der Waals surface area (Å²) in [5.41, 5.74) is 3.83. The maximum Gasteiger partial charge on any atom is 0.259 e. The number of amides is 1. The van der Waals surface area contributed by atoms with Gasteiger partial charge in [-0.15, -0.1) is 11.3 Å². The number of carbonyl (C=O) groups excluding carboxylic acids is 1. The first-order chi connectivity index (χ1) is 14.5. The Labute approximate surface area is 183 Å². The van der Waals surface area contributed by atoms with E-state index in [-0.39, 0.29) is 11.9 Å². The first kappa shape index (κ1) is 22.4. The molecule has 0 aliphatic heterocycles. The molecule has 0 bridgehead atoms. The third-order valence-corrected chi connectivity index (χ3v) is 6.29. The smallest absolute Gasteiger partial charge is 0.259 e. The highest BCUT2D eigenvalue weighted by atomic mass is 32.2. The molecule has 1 aliphatic carbocycles. The molecule has 8 heteroatoms. The lowest BCUT2D eigenvalue weighted by atomic mass is 10.0. The summed E-state index contributed by atoms with van der Waals surface area (Å²) in [6.45, 7) is 2.06. The summed E-state index contributed by atoms with van der Waals surface area (Å²) in [5.74, 6) is 0.0158. The van der Waals surface area contributed by atoms with Crippen LogP contribution in [0, 0.1) is 0 Å². The van der Waals surface area contributed by atoms with Crippen LogP contribution in [0.2, 0.25) is 0 Å². The van der Waals surface area contributed by atoms with E-state index in [9.17, 15) is 9.00 Å². The molecule has 3 rings (SSSR count). The lowest BCUT2D eigenvalue weighted by molar-refractivity contribution is -0.121. The molecule has 2 aromatic rings. The maximum absolute atomic E-state index is 12.7. The monoisotopic (exact) mass is 445 g/mol. The Hall–Kier alpha value is -2.29. The van der Waals surface area contributed by atoms with Gasteiger partial charge in [-0.1, -0.05) is 42.9 Å². The van der Waals surface area contributed by atoms with Gasteiger partial charge in [-0.05, 0) is 49.8 Å². The van der Waals surface area contributed by atoms with Crippen molar-refractivity contribution in [1.82, 2.24) is 10.3 Å². The van der Waals surface area contributed by atoms with Gasteiger partial charge in [0.25, 0.3) is 11.3 Å². The van der Waals surface area contributed by atoms with Crippen LogP contribution in [-0.4, -0.2) is 19.7 Å². The van der Waals surface area contributed by atoms with Crippen molar-refractivity contribution in [2.24, 2.45) is 0 Å². The predicted molar refractivity (Wildman–Crippen MR) is 123 cm³/mol. The molecular weight excluding hydrogens is 418 g/mol. The fourth-order valence-corrected chi connectivity index (χ4v) is 4.56. The summed E-state index contributed by atoms with van der Waals surface area (Å²) in [6.07, 6.45) is 11.2. The van der Waals surface area contributed by atoms with Gasteiger partial charge in [-0.2, -0.15) is 0 Å². The first-order valence-corrected chi connectivity index (χ1v) is 12.1. The third kappa shape index (κ3) is 6.90. The number of thiazole rings is 1. The average Bonchev–Trinajstić information content (AvgIpc) is 3.23. The largest absolute Gasteiger partial charge is 0.347 e. The molecular formula is C22H27N3O3S2. The van der Waals surface area contributed by atoms with E-state index in [2.05, 4.69) is 40.2 Å². The number of allylic oxidation sites excluding steroid dienone is 4. The van der Waals surface area contributed by atoms with Crippen LogP contribution in [0.15, 0.2) is 53.4 Å². The van der Waals surface area contributed by atoms with E-state index in [0.29, 0.717) is 18.5 Å². The molecule has 160 valence electrons. The maximum atomic E-state index is 12.7. The van der Waals surface area contributed by atoms with Crippen LogP contribution in [0.3, 0.4) is 0 Å². The number of rotatable bonds is 10. The molecule has 30 heavy (non-hydrogen) atoms. The van der Waals surface area contributed by atoms with Gasteiger partial charge in [-0.3, -0.25) is 14.1 Å². The van der Waals surface area contributed by atoms with Crippen LogP contribution < -0.4 is 10.0 Å². The number of anilines is 1. The van der Waals surface area contributed by atoms with Crippen LogP contribution in [0.1, 0.15) is 54.9 Å². The second-order valence-corrected chi connectivity index (χ2v) is 8.75. The molecule has 0 spiro atoms. The van der Waals surface area contributed by atoms with E-state index in [1.807, 2.05) is 17.5 Å². The fraction of sp³-hybridized carbons (Fsp3) is 0.364. The van der Waals surface area contributed by atoms with Gasteiger partial charge in [0.1, 0.15) is 5.01 Å². The number of nitrogens with zero attached hydrogens (tertiary/aromatic N) is 1. The van der Waals surface area contributed by atoms with Crippen molar-refractivity contribution < 1.29 is 13.6 Å². The van der Waals surface area contributed by atoms with Crippen LogP contribution in [0.5, 0.6) is 0 Å². The van der Waals surface area contributed by atoms with E-state index in [0.717, 1.165) is 41.9 Å². The minimum absolute atomic E-state index is 0.0158. The van der Waals surface area contributed by atoms with Gasteiger partial charge in [0, 0.05) is 17.5 Å². The standard InChI is InChI=1S/C22H27N3O3S2/c1-2-18-15-29-22(23-18)20(14-17-8-11-19(12-9-17)25-30(27)28)24-21(26)13-10-16-6-4-3-5-7-16/h4,6-9,11-12,15,20,25H,2-3,5,10,13-14H2,1H3,(H,24,26)(H,27,28)/t20-/m0/s1. The van der Waals surface area contributed by atoms with Crippen molar-refractivity contribution in [2.75, 3.05) is 4.72 Å². The van der Waals surface area contributed by atoms with E-state index in [4.69, 9.17) is 4.55 Å². The molecule has 3 N–H and O–H groups in total. The second-order valence-electron chi connectivity index (χ2n) is 7.16. The second kappa shape index (κ2) is 11.2. The van der Waals surface area contributed by atoms with E-state index in [1.165, 1.54) is 5.57 Å². The van der Waals surface area contributed by atoms with Crippen molar-refractivity contribution in [3.63, 3.8) is 0 Å². The Morgan fingerprint density at radius 2 is 2.10 bits per heavy atom. The van der Waals surface area contributed by atoms with Gasteiger partial charge in [0.15, 0.2) is 0 Å². The van der Waals surface area contributed by atoms with E-state index in [1.54, 1.807) is 23.5 Å². The molecule has 2 atom stereocenters. The molecule has 1 unspecified atom stereocenters. The first-order valence-electron chi connectivity index (χ1n) is 10.1. The number of hydrogen-bond donors (Lipinski definition) is 3. The van der Waals surface area contributed by atoms with Crippen molar-refractivity contribution in [3.8, 4) is 0 Å². The zero-order valence-electron chi connectivity index (χ0n) is 17.0. The Bertz CT molecular complexity index is 935. The van der Waals surface area contributed by atoms with Crippen LogP contribution in [0.4, 0.5) is 5.69 Å². The van der Waals surface area contributed by atoms with Crippen molar-refractivity contribution in [2.45, 2.75) is 51.5 Å². The SMILES string of the molecule is CCc1csc([C@H](Cc2ccc(NS(=O)O)cc2)NC(=O)CCC2=CCCC=C2)n1. The molecule has 1 aliphatic rings. The van der Waals surface area contributed by atoms with Crippen LogP contribution >= 0.6 is 11.3 Å². The Balaban J connectivity index is 1.67. The van der Waals surface area contributed by atoms with Crippen molar-refractivity contribution in [3.05, 3.63) is 69.7 Å². The average molecular weight is 446 g/mol. The number of nitrogens with one attached hydrogen (secondary N) is 2. The van der Waals surface area contributed by atoms with Crippen molar-refractivity contribution in [1.29, 1.82) is 0 Å². The summed E-state index contributed by atoms with van der Waals surface area (Å²) in [6, 6.07) is 7.08. The summed E-state index contributed by atoms with van der Waals surface area (Å²) >= 11 is -0.532. The fourth-order valence-electron chi connectivity index (χ4n) is 3.27. The summed E-state index contributed by atoms with van der Waals surface area (Å²) in [4.78, 5) is 17.3. The molecule has 1 amide bonds. The Morgan fingerprint density at radius 1 is 1.30 bits per heavy atom. The van der Waals surface area contributed by atoms with Crippen LogP contribution in [-0.2, 0) is 28.9 Å². The number of aromatic nitrogens is 1. The van der Waals surface area contributed by atoms with Gasteiger partial charge < -0.3 is 5.32 Å². The summed E-state index contributed by atoms with van der Waals surface area (Å²) < 4.78 is 22.3. The van der Waals surface area contributed by atoms with E-state index < -0.39 is 11.3 Å². The third-order valence-electron chi connectivity index (χ3n) is 4.88. The van der Waals surface area contributed by atoms with E-state index >= 15 is 0 Å². The number of benzene rings is 1. The lowest BCUT2D eigenvalue weighted by Gasteiger charge is -2.17. The molecule has 1 aromatic carbocycles. The normalized spacial score (nSPS) is 15.3. The predicted octanol–water partition coefficient (Wildman–Crippen LogP) is 4.71. The van der Waals surface area contributed by atoms with Crippen LogP contribution in [0.25, 0.3) is 0 Å². The minimum Gasteiger partial charge on any atom is -0.347 e. The Kier molecular flexibility index (Phi) is 8.36. The quantitative estimate of drug-likeness (QED) is 0.462. The minimum atomic E-state index is -2.10. The molecule has 0 saturated heterocycles. The lowest BCUT2D eigenvalue weighted by Crippen LogP contribution is -2.29. The highest BCUT2D eigenvalue weighted by Crippen LogP contribution is 2.24. The van der Waals surface area contributed by atoms with Gasteiger partial charge in [-0.25, -0.2) is 9.19 Å². The molecule has 0 fully saturated rings. The topological polar surface area (TPSA) is 91.3 Å². The summed E-state index contributed by atoms with van der Waals surface area (Å²) in [7, 11) is 0. The highest BCUT2D eigenvalue weighted by Gasteiger charge is 2.19. The van der Waals surface area contributed by atoms with Gasteiger partial charge in [0.05, 0.1) is 11.7 Å². The zero-order valence-corrected chi connectivity index (χ0v) is 18.6. The number of carbonyl (C=O) groups is 1. The van der Waals surface area contributed by atoms with Gasteiger partial charge >= 0.3 is 0 Å². The number of hydrogen-bond acceptors (Lipinski definition) is 4. The Morgan fingerprint density at radius 3 is 2.73 bits per heavy atom. The highest BCUT2D eigenvalue weighted by molar-refractivity contribution is 7.80. The molecule has 1 aromatic heterocycles. The molecule has 1 heterocycles. The molecule has 0 saturated carbocycles. The van der Waals surface area contributed by atoms with Crippen molar-refractivity contribution >= 4 is 34.2 Å². The zero-order chi connectivity index (χ0) is 21.3.